The van der Waals surface area contributed by atoms with Gasteiger partial charge in [-0.15, -0.1) is 0 Å². The lowest BCUT2D eigenvalue weighted by Gasteiger charge is -2.09. The van der Waals surface area contributed by atoms with E-state index in [0.29, 0.717) is 16.4 Å². The smallest absolute Gasteiger partial charge is 0.423 e. The Morgan fingerprint density at radius 1 is 1.36 bits per heavy atom. The fraction of sp³-hybridized carbons (Fsp3) is 0.400. The molecule has 0 bridgehead atoms. The van der Waals surface area contributed by atoms with Crippen LogP contribution in [0.2, 0.25) is 5.02 Å². The molecule has 0 aromatic heterocycles. The van der Waals surface area contributed by atoms with Crippen LogP contribution in [-0.2, 0) is 0 Å². The zero-order valence-corrected chi connectivity index (χ0v) is 8.75. The largest absolute Gasteiger partial charge is 0.490 e. The summed E-state index contributed by atoms with van der Waals surface area (Å²) in [6.07, 6.45) is 2.44. The lowest BCUT2D eigenvalue weighted by atomic mass is 9.76. The van der Waals surface area contributed by atoms with Crippen molar-refractivity contribution < 1.29 is 10.0 Å². The van der Waals surface area contributed by atoms with Crippen LogP contribution in [0.5, 0.6) is 0 Å². The van der Waals surface area contributed by atoms with Gasteiger partial charge in [-0.2, -0.15) is 0 Å². The summed E-state index contributed by atoms with van der Waals surface area (Å²) < 4.78 is 0. The molecule has 14 heavy (non-hydrogen) atoms. The molecule has 0 radical (unpaired) electrons. The predicted molar refractivity (Wildman–Crippen MR) is 58.0 cm³/mol. The van der Waals surface area contributed by atoms with Crippen molar-refractivity contribution in [2.45, 2.75) is 25.7 Å². The third-order valence-electron chi connectivity index (χ3n) is 2.67. The van der Waals surface area contributed by atoms with Crippen molar-refractivity contribution in [2.24, 2.45) is 0 Å². The Morgan fingerprint density at radius 3 is 2.43 bits per heavy atom. The summed E-state index contributed by atoms with van der Waals surface area (Å²) in [6.45, 7) is 1.85. The number of hydrogen-bond donors (Lipinski definition) is 2. The molecule has 0 heterocycles. The van der Waals surface area contributed by atoms with Gasteiger partial charge in [0.25, 0.3) is 0 Å². The van der Waals surface area contributed by atoms with E-state index in [9.17, 15) is 0 Å². The summed E-state index contributed by atoms with van der Waals surface area (Å²) in [4.78, 5) is 0. The molecule has 2 nitrogen and oxygen atoms in total. The molecule has 2 rings (SSSR count). The van der Waals surface area contributed by atoms with E-state index in [-0.39, 0.29) is 0 Å². The van der Waals surface area contributed by atoms with Crippen LogP contribution in [0.3, 0.4) is 0 Å². The zero-order chi connectivity index (χ0) is 10.3. The maximum atomic E-state index is 9.10. The van der Waals surface area contributed by atoms with Crippen molar-refractivity contribution in [3.05, 3.63) is 28.3 Å². The van der Waals surface area contributed by atoms with Crippen molar-refractivity contribution in [3.8, 4) is 0 Å². The van der Waals surface area contributed by atoms with Crippen LogP contribution >= 0.6 is 11.6 Å². The summed E-state index contributed by atoms with van der Waals surface area (Å²) in [6, 6.07) is 3.85. The lowest BCUT2D eigenvalue weighted by Crippen LogP contribution is -2.33. The Labute approximate surface area is 88.7 Å². The van der Waals surface area contributed by atoms with Gasteiger partial charge >= 0.3 is 7.12 Å². The van der Waals surface area contributed by atoms with Crippen LogP contribution in [0.4, 0.5) is 0 Å². The van der Waals surface area contributed by atoms with Gasteiger partial charge in [0, 0.05) is 10.5 Å². The zero-order valence-electron chi connectivity index (χ0n) is 8.00. The lowest BCUT2D eigenvalue weighted by molar-refractivity contribution is 0.425. The molecule has 1 fully saturated rings. The Hall–Kier alpha value is -0.505. The molecule has 0 spiro atoms. The summed E-state index contributed by atoms with van der Waals surface area (Å²) >= 11 is 5.98. The second-order valence-electron chi connectivity index (χ2n) is 3.88. The van der Waals surface area contributed by atoms with E-state index in [1.165, 1.54) is 18.4 Å². The highest BCUT2D eigenvalue weighted by Gasteiger charge is 2.26. The van der Waals surface area contributed by atoms with Crippen LogP contribution in [0, 0.1) is 6.92 Å². The average molecular weight is 210 g/mol. The first-order chi connectivity index (χ1) is 6.59. The van der Waals surface area contributed by atoms with Crippen LogP contribution < -0.4 is 5.46 Å². The number of hydrogen-bond acceptors (Lipinski definition) is 2. The molecule has 1 saturated carbocycles. The first-order valence-corrected chi connectivity index (χ1v) is 5.13. The van der Waals surface area contributed by atoms with Gasteiger partial charge in [-0.05, 0) is 42.9 Å². The second kappa shape index (κ2) is 3.57. The van der Waals surface area contributed by atoms with Crippen molar-refractivity contribution in [3.63, 3.8) is 0 Å². The fourth-order valence-electron chi connectivity index (χ4n) is 1.76. The van der Waals surface area contributed by atoms with Gasteiger partial charge in [0.1, 0.15) is 0 Å². The Balaban J connectivity index is 2.43. The summed E-state index contributed by atoms with van der Waals surface area (Å²) in [5.74, 6) is 0.635. The molecule has 1 aromatic carbocycles. The quantitative estimate of drug-likeness (QED) is 0.720. The van der Waals surface area contributed by atoms with Gasteiger partial charge in [-0.25, -0.2) is 0 Å². The monoisotopic (exact) mass is 210 g/mol. The van der Waals surface area contributed by atoms with Crippen LogP contribution in [0.1, 0.15) is 29.9 Å². The molecular weight excluding hydrogens is 198 g/mol. The molecule has 1 aromatic rings. The topological polar surface area (TPSA) is 40.5 Å². The Kier molecular flexibility index (Phi) is 2.56. The van der Waals surface area contributed by atoms with Crippen molar-refractivity contribution in [1.29, 1.82) is 0 Å². The van der Waals surface area contributed by atoms with E-state index in [4.69, 9.17) is 21.6 Å². The van der Waals surface area contributed by atoms with Crippen molar-refractivity contribution in [1.82, 2.24) is 0 Å². The molecule has 74 valence electrons. The highest BCUT2D eigenvalue weighted by molar-refractivity contribution is 6.63. The molecule has 1 aliphatic carbocycles. The molecular formula is C10H12BClO2. The summed E-state index contributed by atoms with van der Waals surface area (Å²) in [5, 5.41) is 18.7. The maximum absolute atomic E-state index is 9.10. The third kappa shape index (κ3) is 1.80. The number of benzene rings is 1. The molecule has 0 atom stereocenters. The number of halogens is 1. The average Bonchev–Trinajstić information content (AvgIpc) is 2.83. The van der Waals surface area contributed by atoms with Crippen LogP contribution in [0.25, 0.3) is 0 Å². The third-order valence-corrected chi connectivity index (χ3v) is 2.98. The maximum Gasteiger partial charge on any atom is 0.490 e. The molecule has 0 aliphatic heterocycles. The van der Waals surface area contributed by atoms with E-state index in [1.807, 2.05) is 19.1 Å². The van der Waals surface area contributed by atoms with Crippen LogP contribution in [0.15, 0.2) is 12.1 Å². The minimum atomic E-state index is -1.48. The first-order valence-electron chi connectivity index (χ1n) is 4.75. The second-order valence-corrected chi connectivity index (χ2v) is 4.29. The number of rotatable bonds is 2. The minimum Gasteiger partial charge on any atom is -0.423 e. The SMILES string of the molecule is Cc1cc(C2CC2)cc(Cl)c1B(O)O. The van der Waals surface area contributed by atoms with Gasteiger partial charge in [-0.3, -0.25) is 0 Å². The fourth-order valence-corrected chi connectivity index (χ4v) is 2.13. The van der Waals surface area contributed by atoms with Gasteiger partial charge in [0.2, 0.25) is 0 Å². The normalized spacial score (nSPS) is 15.7. The van der Waals surface area contributed by atoms with Gasteiger partial charge in [-0.1, -0.05) is 17.7 Å². The van der Waals surface area contributed by atoms with Crippen LogP contribution in [-0.4, -0.2) is 17.2 Å². The van der Waals surface area contributed by atoms with E-state index >= 15 is 0 Å². The molecule has 0 unspecified atom stereocenters. The van der Waals surface area contributed by atoms with Gasteiger partial charge < -0.3 is 10.0 Å². The highest BCUT2D eigenvalue weighted by atomic mass is 35.5. The standard InChI is InChI=1S/C10H12BClO2/c1-6-4-8(7-2-3-7)5-9(12)10(6)11(13)14/h4-5,7,13-14H,2-3H2,1H3. The molecule has 4 heteroatoms. The van der Waals surface area contributed by atoms with E-state index in [1.54, 1.807) is 0 Å². The molecule has 1 aliphatic rings. The minimum absolute atomic E-state index is 0.427. The van der Waals surface area contributed by atoms with Gasteiger partial charge in [0.05, 0.1) is 0 Å². The molecule has 0 saturated heterocycles. The van der Waals surface area contributed by atoms with Gasteiger partial charge in [0.15, 0.2) is 0 Å². The van der Waals surface area contributed by atoms with E-state index < -0.39 is 7.12 Å². The highest BCUT2D eigenvalue weighted by Crippen LogP contribution is 2.40. The molecule has 0 amide bonds. The summed E-state index contributed by atoms with van der Waals surface area (Å²) in [5.41, 5.74) is 2.50. The first kappa shape index (κ1) is 10.0. The Bertz CT molecular complexity index is 338. The predicted octanol–water partition coefficient (Wildman–Crippen LogP) is 1.21. The molecule has 2 N–H and O–H groups in total. The van der Waals surface area contributed by atoms with E-state index in [2.05, 4.69) is 0 Å². The summed E-state index contributed by atoms with van der Waals surface area (Å²) in [7, 11) is -1.48. The Morgan fingerprint density at radius 2 is 2.00 bits per heavy atom. The van der Waals surface area contributed by atoms with E-state index in [0.717, 1.165) is 5.56 Å². The van der Waals surface area contributed by atoms with Crippen molar-refractivity contribution >= 4 is 24.2 Å². The number of aryl methyl sites for hydroxylation is 1. The van der Waals surface area contributed by atoms with Crippen molar-refractivity contribution in [2.75, 3.05) is 0 Å².